The Morgan fingerprint density at radius 1 is 1.30 bits per heavy atom. The molecule has 0 saturated heterocycles. The standard InChI is InChI=1S/C18H21N3O2/c1-21(2)18(22)15-7-8-17(20-11-15)19-10-13-9-14-5-3-4-6-16(14)23-12-13/h3-8,11,13H,9-10,12H2,1-2H3,(H,19,20)/t13-/m1/s1. The Hall–Kier alpha value is -2.56. The van der Waals surface area contributed by atoms with Crippen LogP contribution < -0.4 is 10.1 Å². The molecule has 23 heavy (non-hydrogen) atoms. The van der Waals surface area contributed by atoms with E-state index in [1.165, 1.54) is 5.56 Å². The van der Waals surface area contributed by atoms with Crippen molar-refractivity contribution in [1.29, 1.82) is 0 Å². The first-order valence-corrected chi connectivity index (χ1v) is 7.76. The summed E-state index contributed by atoms with van der Waals surface area (Å²) in [5.74, 6) is 2.14. The molecule has 1 atom stereocenters. The van der Waals surface area contributed by atoms with Crippen molar-refractivity contribution in [2.75, 3.05) is 32.6 Å². The highest BCUT2D eigenvalue weighted by atomic mass is 16.5. The summed E-state index contributed by atoms with van der Waals surface area (Å²) in [5, 5.41) is 3.32. The van der Waals surface area contributed by atoms with Gasteiger partial charge in [0.2, 0.25) is 0 Å². The Kier molecular flexibility index (Phi) is 4.46. The number of benzene rings is 1. The summed E-state index contributed by atoms with van der Waals surface area (Å²) in [4.78, 5) is 17.7. The van der Waals surface area contributed by atoms with Crippen LogP contribution in [0, 0.1) is 5.92 Å². The largest absolute Gasteiger partial charge is 0.493 e. The van der Waals surface area contributed by atoms with Crippen molar-refractivity contribution < 1.29 is 9.53 Å². The van der Waals surface area contributed by atoms with Crippen LogP contribution in [0.5, 0.6) is 5.75 Å². The maximum absolute atomic E-state index is 11.8. The van der Waals surface area contributed by atoms with Crippen molar-refractivity contribution in [3.63, 3.8) is 0 Å². The lowest BCUT2D eigenvalue weighted by atomic mass is 9.97. The molecule has 0 aliphatic carbocycles. The summed E-state index contributed by atoms with van der Waals surface area (Å²) in [6, 6.07) is 11.8. The molecule has 0 saturated carbocycles. The van der Waals surface area contributed by atoms with Crippen molar-refractivity contribution in [1.82, 2.24) is 9.88 Å². The summed E-state index contributed by atoms with van der Waals surface area (Å²) in [6.07, 6.45) is 2.61. The van der Waals surface area contributed by atoms with Gasteiger partial charge in [0.05, 0.1) is 12.2 Å². The Bertz CT molecular complexity index is 683. The molecule has 120 valence electrons. The van der Waals surface area contributed by atoms with E-state index >= 15 is 0 Å². The lowest BCUT2D eigenvalue weighted by Crippen LogP contribution is -2.27. The van der Waals surface area contributed by atoms with Crippen LogP contribution in [0.2, 0.25) is 0 Å². The van der Waals surface area contributed by atoms with E-state index in [1.807, 2.05) is 24.3 Å². The van der Waals surface area contributed by atoms with Crippen LogP contribution in [-0.2, 0) is 6.42 Å². The van der Waals surface area contributed by atoms with E-state index in [1.54, 1.807) is 31.3 Å². The van der Waals surface area contributed by atoms with Crippen molar-refractivity contribution >= 4 is 11.7 Å². The summed E-state index contributed by atoms with van der Waals surface area (Å²) in [7, 11) is 3.46. The molecular formula is C18H21N3O2. The van der Waals surface area contributed by atoms with Crippen molar-refractivity contribution in [2.45, 2.75) is 6.42 Å². The Balaban J connectivity index is 1.56. The van der Waals surface area contributed by atoms with Gasteiger partial charge in [-0.2, -0.15) is 0 Å². The molecule has 1 aliphatic heterocycles. The number of pyridine rings is 1. The third kappa shape index (κ3) is 3.62. The van der Waals surface area contributed by atoms with Crippen molar-refractivity contribution in [3.8, 4) is 5.75 Å². The van der Waals surface area contributed by atoms with E-state index < -0.39 is 0 Å². The molecule has 5 nitrogen and oxygen atoms in total. The molecule has 1 aromatic heterocycles. The third-order valence-corrected chi connectivity index (χ3v) is 3.94. The van der Waals surface area contributed by atoms with Gasteiger partial charge in [-0.1, -0.05) is 18.2 Å². The number of rotatable bonds is 4. The van der Waals surface area contributed by atoms with E-state index in [2.05, 4.69) is 16.4 Å². The molecule has 0 bridgehead atoms. The van der Waals surface area contributed by atoms with E-state index in [0.29, 0.717) is 18.1 Å². The number of anilines is 1. The number of ether oxygens (including phenoxy) is 1. The average Bonchev–Trinajstić information content (AvgIpc) is 2.59. The van der Waals surface area contributed by atoms with E-state index in [9.17, 15) is 4.79 Å². The first-order chi connectivity index (χ1) is 11.1. The van der Waals surface area contributed by atoms with Crippen LogP contribution >= 0.6 is 0 Å². The second kappa shape index (κ2) is 6.69. The molecule has 0 radical (unpaired) electrons. The average molecular weight is 311 g/mol. The fourth-order valence-electron chi connectivity index (χ4n) is 2.65. The fraction of sp³-hybridized carbons (Fsp3) is 0.333. The van der Waals surface area contributed by atoms with Gasteiger partial charge in [-0.3, -0.25) is 4.79 Å². The van der Waals surface area contributed by atoms with Gasteiger partial charge in [0.15, 0.2) is 0 Å². The van der Waals surface area contributed by atoms with Gasteiger partial charge >= 0.3 is 0 Å². The maximum atomic E-state index is 11.8. The van der Waals surface area contributed by atoms with Crippen LogP contribution in [0.15, 0.2) is 42.6 Å². The van der Waals surface area contributed by atoms with Crippen LogP contribution in [0.3, 0.4) is 0 Å². The van der Waals surface area contributed by atoms with Gasteiger partial charge in [-0.05, 0) is 30.2 Å². The number of carbonyl (C=O) groups excluding carboxylic acids is 1. The molecule has 1 amide bonds. The van der Waals surface area contributed by atoms with E-state index in [0.717, 1.165) is 24.5 Å². The smallest absolute Gasteiger partial charge is 0.254 e. The first-order valence-electron chi connectivity index (χ1n) is 7.76. The number of hydrogen-bond donors (Lipinski definition) is 1. The van der Waals surface area contributed by atoms with Gasteiger partial charge in [-0.25, -0.2) is 4.98 Å². The quantitative estimate of drug-likeness (QED) is 0.942. The topological polar surface area (TPSA) is 54.5 Å². The number of nitrogens with zero attached hydrogens (tertiary/aromatic N) is 2. The SMILES string of the molecule is CN(C)C(=O)c1ccc(NC[C@@H]2COc3ccccc3C2)nc1. The number of fused-ring (bicyclic) bond motifs is 1. The van der Waals surface area contributed by atoms with Gasteiger partial charge in [0, 0.05) is 32.8 Å². The van der Waals surface area contributed by atoms with Crippen molar-refractivity contribution in [2.24, 2.45) is 5.92 Å². The van der Waals surface area contributed by atoms with E-state index in [4.69, 9.17) is 4.74 Å². The summed E-state index contributed by atoms with van der Waals surface area (Å²) < 4.78 is 5.79. The summed E-state index contributed by atoms with van der Waals surface area (Å²) in [6.45, 7) is 1.50. The van der Waals surface area contributed by atoms with Crippen LogP contribution in [-0.4, -0.2) is 43.0 Å². The second-order valence-electron chi connectivity index (χ2n) is 6.00. The first kappa shape index (κ1) is 15.3. The molecule has 0 fully saturated rings. The summed E-state index contributed by atoms with van der Waals surface area (Å²) >= 11 is 0. The van der Waals surface area contributed by atoms with Gasteiger partial charge in [0.1, 0.15) is 11.6 Å². The monoisotopic (exact) mass is 311 g/mol. The highest BCUT2D eigenvalue weighted by Crippen LogP contribution is 2.26. The molecule has 2 aromatic rings. The maximum Gasteiger partial charge on any atom is 0.254 e. The highest BCUT2D eigenvalue weighted by molar-refractivity contribution is 5.93. The highest BCUT2D eigenvalue weighted by Gasteiger charge is 2.19. The van der Waals surface area contributed by atoms with Crippen LogP contribution in [0.1, 0.15) is 15.9 Å². The zero-order valence-corrected chi connectivity index (χ0v) is 13.5. The van der Waals surface area contributed by atoms with Crippen LogP contribution in [0.25, 0.3) is 0 Å². The minimum absolute atomic E-state index is 0.0404. The minimum Gasteiger partial charge on any atom is -0.493 e. The molecule has 3 rings (SSSR count). The number of nitrogens with one attached hydrogen (secondary N) is 1. The normalized spacial score (nSPS) is 16.2. The molecule has 0 unspecified atom stereocenters. The number of hydrogen-bond acceptors (Lipinski definition) is 4. The number of para-hydroxylation sites is 1. The third-order valence-electron chi connectivity index (χ3n) is 3.94. The predicted molar refractivity (Wildman–Crippen MR) is 89.9 cm³/mol. The zero-order valence-electron chi connectivity index (χ0n) is 13.5. The van der Waals surface area contributed by atoms with Crippen LogP contribution in [0.4, 0.5) is 5.82 Å². The Morgan fingerprint density at radius 3 is 2.87 bits per heavy atom. The van der Waals surface area contributed by atoms with Gasteiger partial charge in [-0.15, -0.1) is 0 Å². The number of aromatic nitrogens is 1. The zero-order chi connectivity index (χ0) is 16.2. The lowest BCUT2D eigenvalue weighted by Gasteiger charge is -2.25. The Labute approximate surface area is 136 Å². The Morgan fingerprint density at radius 2 is 2.13 bits per heavy atom. The molecule has 1 aromatic carbocycles. The lowest BCUT2D eigenvalue weighted by molar-refractivity contribution is 0.0827. The second-order valence-corrected chi connectivity index (χ2v) is 6.00. The molecule has 0 spiro atoms. The summed E-state index contributed by atoms with van der Waals surface area (Å²) in [5.41, 5.74) is 1.85. The number of amides is 1. The van der Waals surface area contributed by atoms with Gasteiger partial charge in [0.25, 0.3) is 5.91 Å². The molecule has 5 heteroatoms. The molecule has 1 aliphatic rings. The minimum atomic E-state index is -0.0404. The van der Waals surface area contributed by atoms with Gasteiger partial charge < -0.3 is 15.0 Å². The molecule has 1 N–H and O–H groups in total. The molecular weight excluding hydrogens is 290 g/mol. The number of carbonyl (C=O) groups is 1. The predicted octanol–water partition coefficient (Wildman–Crippen LogP) is 2.45. The van der Waals surface area contributed by atoms with Crippen molar-refractivity contribution in [3.05, 3.63) is 53.7 Å². The molecule has 2 heterocycles. The fourth-order valence-corrected chi connectivity index (χ4v) is 2.65. The van der Waals surface area contributed by atoms with E-state index in [-0.39, 0.29) is 5.91 Å².